The maximum Gasteiger partial charge on any atom is 0.138 e. The molecule has 88 valence electrons. The molecule has 2 nitrogen and oxygen atoms in total. The summed E-state index contributed by atoms with van der Waals surface area (Å²) >= 11 is 12.1. The number of aliphatic imine (C=N–C) groups is 1. The monoisotopic (exact) mass is 266 g/mol. The number of hydrogen-bond acceptors (Lipinski definition) is 2. The quantitative estimate of drug-likeness (QED) is 0.711. The summed E-state index contributed by atoms with van der Waals surface area (Å²) < 4.78 is 0. The molecular weight excluding hydrogens is 255 g/mol. The Morgan fingerprint density at radius 1 is 1.18 bits per heavy atom. The van der Waals surface area contributed by atoms with Crippen molar-refractivity contribution in [1.29, 1.82) is 0 Å². The lowest BCUT2D eigenvalue weighted by atomic mass is 10.2. The molecule has 0 unspecified atom stereocenters. The van der Waals surface area contributed by atoms with Crippen molar-refractivity contribution < 1.29 is 0 Å². The summed E-state index contributed by atoms with van der Waals surface area (Å²) in [7, 11) is 0. The largest absolute Gasteiger partial charge is 0.353 e. The van der Waals surface area contributed by atoms with Crippen LogP contribution in [0.2, 0.25) is 5.02 Å². The fraction of sp³-hybridized carbons (Fsp3) is 0.154. The zero-order chi connectivity index (χ0) is 12.4. The molecule has 17 heavy (non-hydrogen) atoms. The van der Waals surface area contributed by atoms with Crippen molar-refractivity contribution in [2.45, 2.75) is 13.8 Å². The maximum absolute atomic E-state index is 6.20. The third-order valence-electron chi connectivity index (χ3n) is 2.54. The Morgan fingerprint density at radius 3 is 2.59 bits per heavy atom. The van der Waals surface area contributed by atoms with Gasteiger partial charge in [-0.1, -0.05) is 35.4 Å². The second-order valence-electron chi connectivity index (χ2n) is 3.59. The van der Waals surface area contributed by atoms with Crippen LogP contribution in [-0.2, 0) is 0 Å². The highest BCUT2D eigenvalue weighted by atomic mass is 35.5. The molecule has 0 radical (unpaired) electrons. The molecule has 2 rings (SSSR count). The van der Waals surface area contributed by atoms with Crippen molar-refractivity contribution in [3.05, 3.63) is 46.6 Å². The van der Waals surface area contributed by atoms with Crippen LogP contribution in [0, 0.1) is 0 Å². The number of fused-ring (bicyclic) bond motifs is 1. The summed E-state index contributed by atoms with van der Waals surface area (Å²) in [5.41, 5.74) is 3.49. The van der Waals surface area contributed by atoms with Crippen LogP contribution in [0.25, 0.3) is 0 Å². The van der Waals surface area contributed by atoms with Crippen LogP contribution in [0.1, 0.15) is 13.8 Å². The Morgan fingerprint density at radius 2 is 1.94 bits per heavy atom. The van der Waals surface area contributed by atoms with Crippen LogP contribution < -0.4 is 5.32 Å². The minimum absolute atomic E-state index is 0.467. The molecule has 0 bridgehead atoms. The van der Waals surface area contributed by atoms with Crippen LogP contribution in [-0.4, -0.2) is 5.17 Å². The number of rotatable bonds is 0. The van der Waals surface area contributed by atoms with Gasteiger partial charge in [0.15, 0.2) is 0 Å². The number of halogens is 2. The third kappa shape index (κ3) is 2.38. The number of nitrogens with zero attached hydrogens (tertiary/aromatic N) is 1. The van der Waals surface area contributed by atoms with E-state index in [1.165, 1.54) is 0 Å². The molecule has 1 heterocycles. The lowest BCUT2D eigenvalue weighted by Gasteiger charge is -2.10. The van der Waals surface area contributed by atoms with Gasteiger partial charge in [-0.25, -0.2) is 4.99 Å². The van der Waals surface area contributed by atoms with Crippen molar-refractivity contribution in [1.82, 2.24) is 0 Å². The average molecular weight is 267 g/mol. The molecule has 1 aromatic carbocycles. The summed E-state index contributed by atoms with van der Waals surface area (Å²) in [6.07, 6.45) is 3.90. The number of anilines is 1. The fourth-order valence-corrected chi connectivity index (χ4v) is 2.16. The van der Waals surface area contributed by atoms with Gasteiger partial charge in [0.05, 0.1) is 11.4 Å². The molecule has 0 aliphatic carbocycles. The second kappa shape index (κ2) is 4.94. The van der Waals surface area contributed by atoms with Gasteiger partial charge in [0.2, 0.25) is 0 Å². The highest BCUT2D eigenvalue weighted by Crippen LogP contribution is 2.34. The molecule has 1 aliphatic heterocycles. The zero-order valence-electron chi connectivity index (χ0n) is 9.59. The standard InChI is InChI=1S/C13H12Cl2N2/c1-3-9-10(4-2)16-11-6-5-8(14)7-12(11)17-13(9)15/h3-7,16H,1-2H3/b9-3+,10-4+. The van der Waals surface area contributed by atoms with E-state index >= 15 is 0 Å². The minimum atomic E-state index is 0.467. The first kappa shape index (κ1) is 12.2. The van der Waals surface area contributed by atoms with Gasteiger partial charge in [0.25, 0.3) is 0 Å². The van der Waals surface area contributed by atoms with Crippen LogP contribution in [0.3, 0.4) is 0 Å². The van der Waals surface area contributed by atoms with E-state index < -0.39 is 0 Å². The first-order chi connectivity index (χ1) is 8.15. The number of hydrogen-bond donors (Lipinski definition) is 1. The number of allylic oxidation sites excluding steroid dienone is 3. The third-order valence-corrected chi connectivity index (χ3v) is 3.06. The Balaban J connectivity index is 2.62. The van der Waals surface area contributed by atoms with E-state index in [0.29, 0.717) is 10.2 Å². The van der Waals surface area contributed by atoms with Gasteiger partial charge < -0.3 is 5.32 Å². The number of nitrogens with one attached hydrogen (secondary N) is 1. The Bertz CT molecular complexity index is 542. The van der Waals surface area contributed by atoms with Gasteiger partial charge in [0.1, 0.15) is 5.17 Å². The van der Waals surface area contributed by atoms with Crippen LogP contribution >= 0.6 is 23.2 Å². The van der Waals surface area contributed by atoms with E-state index in [1.807, 2.05) is 38.1 Å². The molecule has 0 spiro atoms. The summed E-state index contributed by atoms with van der Waals surface area (Å²) in [4.78, 5) is 4.38. The smallest absolute Gasteiger partial charge is 0.138 e. The summed E-state index contributed by atoms with van der Waals surface area (Å²) in [6.45, 7) is 3.89. The van der Waals surface area contributed by atoms with Crippen molar-refractivity contribution >= 4 is 39.7 Å². The predicted molar refractivity (Wildman–Crippen MR) is 75.5 cm³/mol. The summed E-state index contributed by atoms with van der Waals surface area (Å²) in [5.74, 6) is 0. The SMILES string of the molecule is C/C=C1/Nc2ccc(Cl)cc2N=C(Cl)/C1=C/C. The van der Waals surface area contributed by atoms with Gasteiger partial charge in [-0.3, -0.25) is 0 Å². The second-order valence-corrected chi connectivity index (χ2v) is 4.39. The molecule has 1 aromatic rings. The fourth-order valence-electron chi connectivity index (χ4n) is 1.69. The van der Waals surface area contributed by atoms with E-state index in [9.17, 15) is 0 Å². The molecule has 0 aromatic heterocycles. The van der Waals surface area contributed by atoms with E-state index in [-0.39, 0.29) is 0 Å². The lowest BCUT2D eigenvalue weighted by Crippen LogP contribution is -2.04. The first-order valence-electron chi connectivity index (χ1n) is 5.30. The van der Waals surface area contributed by atoms with Crippen molar-refractivity contribution in [3.8, 4) is 0 Å². The first-order valence-corrected chi connectivity index (χ1v) is 6.05. The molecule has 1 N–H and O–H groups in total. The summed E-state index contributed by atoms with van der Waals surface area (Å²) in [5, 5.41) is 4.41. The van der Waals surface area contributed by atoms with E-state index in [1.54, 1.807) is 6.07 Å². The zero-order valence-corrected chi connectivity index (χ0v) is 11.1. The predicted octanol–water partition coefficient (Wildman–Crippen LogP) is 4.88. The van der Waals surface area contributed by atoms with Crippen molar-refractivity contribution in [2.75, 3.05) is 5.32 Å². The van der Waals surface area contributed by atoms with Gasteiger partial charge >= 0.3 is 0 Å². The number of benzene rings is 1. The van der Waals surface area contributed by atoms with Gasteiger partial charge in [0, 0.05) is 16.3 Å². The van der Waals surface area contributed by atoms with E-state index in [0.717, 1.165) is 22.6 Å². The molecule has 0 fully saturated rings. The van der Waals surface area contributed by atoms with Crippen molar-refractivity contribution in [3.63, 3.8) is 0 Å². The minimum Gasteiger partial charge on any atom is -0.353 e. The lowest BCUT2D eigenvalue weighted by molar-refractivity contribution is 1.41. The van der Waals surface area contributed by atoms with Gasteiger partial charge in [-0.2, -0.15) is 0 Å². The van der Waals surface area contributed by atoms with Crippen LogP contribution in [0.15, 0.2) is 46.6 Å². The molecule has 0 amide bonds. The van der Waals surface area contributed by atoms with Gasteiger partial charge in [-0.15, -0.1) is 0 Å². The molecule has 0 saturated heterocycles. The van der Waals surface area contributed by atoms with Crippen molar-refractivity contribution in [2.24, 2.45) is 4.99 Å². The van der Waals surface area contributed by atoms with Crippen LogP contribution in [0.4, 0.5) is 11.4 Å². The Hall–Kier alpha value is -1.25. The molecule has 0 saturated carbocycles. The highest BCUT2D eigenvalue weighted by Gasteiger charge is 2.16. The topological polar surface area (TPSA) is 24.4 Å². The Kier molecular flexibility index (Phi) is 3.55. The normalized spacial score (nSPS) is 19.6. The Labute approximate surface area is 111 Å². The van der Waals surface area contributed by atoms with E-state index in [2.05, 4.69) is 10.3 Å². The van der Waals surface area contributed by atoms with Crippen LogP contribution in [0.5, 0.6) is 0 Å². The average Bonchev–Trinajstić information content (AvgIpc) is 2.43. The molecule has 0 atom stereocenters. The highest BCUT2D eigenvalue weighted by molar-refractivity contribution is 6.70. The van der Waals surface area contributed by atoms with Gasteiger partial charge in [-0.05, 0) is 32.0 Å². The molecular formula is C13H12Cl2N2. The maximum atomic E-state index is 6.20. The summed E-state index contributed by atoms with van der Waals surface area (Å²) in [6, 6.07) is 5.51. The molecule has 4 heteroatoms. The van der Waals surface area contributed by atoms with E-state index in [4.69, 9.17) is 23.2 Å². The molecule has 1 aliphatic rings.